The molecule has 2 aliphatic heterocycles. The van der Waals surface area contributed by atoms with E-state index in [1.807, 2.05) is 49.7 Å². The Kier molecular flexibility index (Phi) is 4.63. The monoisotopic (exact) mass is 347 g/mol. The van der Waals surface area contributed by atoms with Gasteiger partial charge < -0.3 is 5.32 Å². The Bertz CT molecular complexity index is 634. The van der Waals surface area contributed by atoms with Crippen molar-refractivity contribution >= 4 is 29.0 Å². The summed E-state index contributed by atoms with van der Waals surface area (Å²) in [5.41, 5.74) is 4.19. The molecule has 0 radical (unpaired) electrons. The van der Waals surface area contributed by atoms with Gasteiger partial charge in [-0.3, -0.25) is 9.80 Å². The number of hydrazone groups is 1. The predicted molar refractivity (Wildman–Crippen MR) is 89.7 cm³/mol. The number of carbonyl (C=O) groups is 1. The first-order valence-corrected chi connectivity index (χ1v) is 6.73. The topological polar surface area (TPSA) is 44.7 Å². The van der Waals surface area contributed by atoms with Crippen LogP contribution < -0.4 is 5.32 Å². The number of fused-ring (bicyclic) bond motifs is 1. The Morgan fingerprint density at radius 2 is 2.05 bits per heavy atom. The van der Waals surface area contributed by atoms with Crippen molar-refractivity contribution in [2.45, 2.75) is 19.9 Å². The molecule has 0 fully saturated rings. The molecule has 1 atom stereocenters. The maximum absolute atomic E-state index is 12.2. The minimum atomic E-state index is 0. The van der Waals surface area contributed by atoms with Crippen LogP contribution in [0.5, 0.6) is 0 Å². The lowest BCUT2D eigenvalue weighted by Crippen LogP contribution is -2.26. The van der Waals surface area contributed by atoms with E-state index >= 15 is 0 Å². The molecule has 4 nitrogen and oxygen atoms in total. The van der Waals surface area contributed by atoms with Crippen LogP contribution in [-0.4, -0.2) is 29.6 Å². The van der Waals surface area contributed by atoms with Gasteiger partial charge >= 0.3 is 0 Å². The van der Waals surface area contributed by atoms with Crippen LogP contribution in [0.3, 0.4) is 0 Å². The molecule has 0 amide bonds. The van der Waals surface area contributed by atoms with Crippen LogP contribution in [0.2, 0.25) is 0 Å². The van der Waals surface area contributed by atoms with Crippen LogP contribution in [0.1, 0.15) is 24.2 Å². The average Bonchev–Trinajstić information content (AvgIpc) is 2.75. The fraction of sp³-hybridized carbons (Fsp3) is 0.250. The molecule has 1 aromatic rings. The zero-order valence-electron chi connectivity index (χ0n) is 12.0. The fourth-order valence-corrected chi connectivity index (χ4v) is 2.56. The summed E-state index contributed by atoms with van der Waals surface area (Å²) in [4.78, 5) is 12.2. The number of hydrogen-bond acceptors (Lipinski definition) is 4. The summed E-state index contributed by atoms with van der Waals surface area (Å²) in [6, 6.07) is 9.59. The van der Waals surface area contributed by atoms with Gasteiger partial charge in [-0.1, -0.05) is 30.3 Å². The summed E-state index contributed by atoms with van der Waals surface area (Å²) in [6.45, 7) is 4.42. The molecule has 2 aliphatic rings. The summed E-state index contributed by atoms with van der Waals surface area (Å²) in [6.07, 6.45) is 3.80. The van der Waals surface area contributed by atoms with Crippen molar-refractivity contribution in [3.8, 4) is 0 Å². The Balaban J connectivity index is 0.00000161. The van der Waals surface area contributed by atoms with Crippen LogP contribution in [0.15, 0.2) is 58.5 Å². The Labute approximate surface area is 135 Å². The maximum Gasteiger partial charge on any atom is 0.184 e. The standard InChI is InChI=1S/C16H17N3O.BrH/c1-11-14-8-17-19(9-15(14)12(2)18-11)10-16(20)13-6-4-3-5-7-13;/h3-9,12,18H,10H2,1-2H3;1H. The molecule has 0 saturated heterocycles. The number of allylic oxidation sites excluding steroid dienone is 1. The highest BCUT2D eigenvalue weighted by atomic mass is 79.9. The first-order valence-electron chi connectivity index (χ1n) is 6.73. The fourth-order valence-electron chi connectivity index (χ4n) is 2.56. The van der Waals surface area contributed by atoms with Crippen molar-refractivity contribution in [3.05, 3.63) is 58.9 Å². The first kappa shape index (κ1) is 15.5. The van der Waals surface area contributed by atoms with Crippen molar-refractivity contribution in [2.24, 2.45) is 5.10 Å². The van der Waals surface area contributed by atoms with E-state index in [0.717, 1.165) is 16.8 Å². The minimum Gasteiger partial charge on any atom is -0.381 e. The summed E-state index contributed by atoms with van der Waals surface area (Å²) < 4.78 is 0. The molecule has 1 N–H and O–H groups in total. The molecule has 5 heteroatoms. The van der Waals surface area contributed by atoms with Gasteiger partial charge in [0, 0.05) is 28.6 Å². The van der Waals surface area contributed by atoms with Gasteiger partial charge in [-0.05, 0) is 13.8 Å². The Morgan fingerprint density at radius 3 is 2.76 bits per heavy atom. The molecule has 110 valence electrons. The third-order valence-corrected chi connectivity index (χ3v) is 3.64. The SMILES string of the molecule is Br.CC1=C2C=NN(CC(=O)c3ccccc3)C=C2C(C)N1. The minimum absolute atomic E-state index is 0. The largest absolute Gasteiger partial charge is 0.381 e. The van der Waals surface area contributed by atoms with Crippen molar-refractivity contribution in [2.75, 3.05) is 6.54 Å². The molecule has 0 saturated carbocycles. The Morgan fingerprint density at radius 1 is 1.33 bits per heavy atom. The van der Waals surface area contributed by atoms with Crippen molar-refractivity contribution in [1.82, 2.24) is 10.3 Å². The third-order valence-electron chi connectivity index (χ3n) is 3.64. The first-order chi connectivity index (χ1) is 9.65. The molecule has 0 spiro atoms. The lowest BCUT2D eigenvalue weighted by Gasteiger charge is -2.20. The molecule has 0 aromatic heterocycles. The number of rotatable bonds is 3. The second-order valence-corrected chi connectivity index (χ2v) is 5.12. The van der Waals surface area contributed by atoms with Crippen LogP contribution >= 0.6 is 17.0 Å². The third kappa shape index (κ3) is 3.08. The highest BCUT2D eigenvalue weighted by molar-refractivity contribution is 8.93. The lowest BCUT2D eigenvalue weighted by molar-refractivity contribution is 0.0956. The van der Waals surface area contributed by atoms with E-state index in [9.17, 15) is 4.79 Å². The van der Waals surface area contributed by atoms with E-state index in [1.54, 1.807) is 5.01 Å². The normalized spacial score (nSPS) is 19.6. The summed E-state index contributed by atoms with van der Waals surface area (Å²) in [5, 5.41) is 9.42. The van der Waals surface area contributed by atoms with Gasteiger partial charge in [0.1, 0.15) is 6.54 Å². The van der Waals surface area contributed by atoms with E-state index in [2.05, 4.69) is 17.3 Å². The highest BCUT2D eigenvalue weighted by Crippen LogP contribution is 2.26. The molecule has 3 rings (SSSR count). The van der Waals surface area contributed by atoms with Gasteiger partial charge in [-0.15, -0.1) is 17.0 Å². The van der Waals surface area contributed by atoms with Gasteiger partial charge in [0.05, 0.1) is 12.3 Å². The Hall–Kier alpha value is -1.88. The number of halogens is 1. The van der Waals surface area contributed by atoms with Gasteiger partial charge in [-0.25, -0.2) is 0 Å². The molecule has 2 heterocycles. The van der Waals surface area contributed by atoms with Gasteiger partial charge in [0.25, 0.3) is 0 Å². The molecule has 0 bridgehead atoms. The zero-order valence-corrected chi connectivity index (χ0v) is 13.7. The smallest absolute Gasteiger partial charge is 0.184 e. The average molecular weight is 348 g/mol. The predicted octanol–water partition coefficient (Wildman–Crippen LogP) is 2.90. The molecule has 1 aromatic carbocycles. The van der Waals surface area contributed by atoms with Crippen LogP contribution in [0.4, 0.5) is 0 Å². The number of nitrogens with zero attached hydrogens (tertiary/aromatic N) is 2. The van der Waals surface area contributed by atoms with E-state index in [4.69, 9.17) is 0 Å². The maximum atomic E-state index is 12.2. The number of carbonyl (C=O) groups excluding carboxylic acids is 1. The molecule has 21 heavy (non-hydrogen) atoms. The van der Waals surface area contributed by atoms with Crippen molar-refractivity contribution in [3.63, 3.8) is 0 Å². The summed E-state index contributed by atoms with van der Waals surface area (Å²) in [5.74, 6) is 0.0716. The molecular formula is C16H18BrN3O. The number of ketones is 1. The second-order valence-electron chi connectivity index (χ2n) is 5.12. The zero-order chi connectivity index (χ0) is 14.1. The van der Waals surface area contributed by atoms with E-state index in [-0.39, 0.29) is 35.4 Å². The quantitative estimate of drug-likeness (QED) is 0.855. The van der Waals surface area contributed by atoms with E-state index in [1.165, 1.54) is 5.57 Å². The lowest BCUT2D eigenvalue weighted by atomic mass is 10.0. The molecule has 0 aliphatic carbocycles. The van der Waals surface area contributed by atoms with Crippen LogP contribution in [0, 0.1) is 0 Å². The highest BCUT2D eigenvalue weighted by Gasteiger charge is 2.25. The number of hydrogen-bond donors (Lipinski definition) is 1. The molecule has 1 unspecified atom stereocenters. The second kappa shape index (κ2) is 6.26. The summed E-state index contributed by atoms with van der Waals surface area (Å²) in [7, 11) is 0. The van der Waals surface area contributed by atoms with Crippen molar-refractivity contribution < 1.29 is 4.79 Å². The van der Waals surface area contributed by atoms with Crippen molar-refractivity contribution in [1.29, 1.82) is 0 Å². The van der Waals surface area contributed by atoms with Crippen LogP contribution in [0.25, 0.3) is 0 Å². The molecular weight excluding hydrogens is 330 g/mol. The van der Waals surface area contributed by atoms with E-state index < -0.39 is 0 Å². The van der Waals surface area contributed by atoms with Gasteiger partial charge in [0.2, 0.25) is 0 Å². The van der Waals surface area contributed by atoms with E-state index in [0.29, 0.717) is 0 Å². The van der Waals surface area contributed by atoms with Gasteiger partial charge in [-0.2, -0.15) is 5.10 Å². The van der Waals surface area contributed by atoms with Gasteiger partial charge in [0.15, 0.2) is 5.78 Å². The number of nitrogens with one attached hydrogen (secondary N) is 1. The van der Waals surface area contributed by atoms with Crippen LogP contribution in [-0.2, 0) is 0 Å². The number of benzene rings is 1. The summed E-state index contributed by atoms with van der Waals surface area (Å²) >= 11 is 0. The number of Topliss-reactive ketones (excluding diaryl/α,β-unsaturated/α-hetero) is 1.